The summed E-state index contributed by atoms with van der Waals surface area (Å²) < 4.78 is 1.68. The highest BCUT2D eigenvalue weighted by molar-refractivity contribution is 6.30. The molecule has 0 unspecified atom stereocenters. The van der Waals surface area contributed by atoms with Gasteiger partial charge in [-0.15, -0.1) is 0 Å². The second kappa shape index (κ2) is 11.7. The number of nitrogens with zero attached hydrogens (tertiary/aromatic N) is 3. The Labute approximate surface area is 230 Å². The maximum Gasteiger partial charge on any atom is 0.258 e. The van der Waals surface area contributed by atoms with Gasteiger partial charge < -0.3 is 20.4 Å². The van der Waals surface area contributed by atoms with Gasteiger partial charge in [0.05, 0.1) is 41.9 Å². The van der Waals surface area contributed by atoms with Crippen LogP contribution in [0.4, 0.5) is 5.69 Å². The van der Waals surface area contributed by atoms with E-state index >= 15 is 0 Å². The molecule has 4 N–H and O–H groups in total. The minimum absolute atomic E-state index is 0.117. The van der Waals surface area contributed by atoms with Crippen molar-refractivity contribution >= 4 is 34.1 Å². The first kappa shape index (κ1) is 26.4. The summed E-state index contributed by atoms with van der Waals surface area (Å²) in [5, 5.41) is 18.0. The summed E-state index contributed by atoms with van der Waals surface area (Å²) in [5.41, 5.74) is 4.70. The number of halogens is 1. The summed E-state index contributed by atoms with van der Waals surface area (Å²) in [5.74, 6) is -0.333. The van der Waals surface area contributed by atoms with Crippen molar-refractivity contribution in [3.8, 4) is 11.3 Å². The van der Waals surface area contributed by atoms with Crippen molar-refractivity contribution in [1.29, 1.82) is 0 Å². The first-order valence-corrected chi connectivity index (χ1v) is 13.1. The number of nitrogens with one attached hydrogen (secondary N) is 3. The highest BCUT2D eigenvalue weighted by Crippen LogP contribution is 2.25. The third kappa shape index (κ3) is 6.28. The number of H-pyrrole nitrogens is 2. The molecule has 3 aromatic heterocycles. The quantitative estimate of drug-likeness (QED) is 0.206. The fourth-order valence-corrected chi connectivity index (χ4v) is 4.60. The summed E-state index contributed by atoms with van der Waals surface area (Å²) in [4.78, 5) is 33.8. The maximum absolute atomic E-state index is 12.9. The Kier molecular flexibility index (Phi) is 7.92. The van der Waals surface area contributed by atoms with Gasteiger partial charge in [0.15, 0.2) is 0 Å². The highest BCUT2D eigenvalue weighted by Gasteiger charge is 2.13. The molecule has 0 spiro atoms. The van der Waals surface area contributed by atoms with Crippen LogP contribution in [0, 0.1) is 0 Å². The number of fused-ring (bicyclic) bond motifs is 1. The van der Waals surface area contributed by atoms with Crippen molar-refractivity contribution in [2.45, 2.75) is 20.0 Å². The van der Waals surface area contributed by atoms with E-state index in [1.165, 1.54) is 12.4 Å². The van der Waals surface area contributed by atoms with Crippen LogP contribution >= 0.6 is 11.6 Å². The number of hydrogen-bond acceptors (Lipinski definition) is 5. The normalized spacial score (nSPS) is 11.4. The average Bonchev–Trinajstić information content (AvgIpc) is 3.58. The van der Waals surface area contributed by atoms with Gasteiger partial charge in [0.1, 0.15) is 0 Å². The number of aromatic nitrogens is 4. The van der Waals surface area contributed by atoms with E-state index in [0.29, 0.717) is 40.6 Å². The monoisotopic (exact) mass is 544 g/mol. The van der Waals surface area contributed by atoms with Crippen molar-refractivity contribution < 1.29 is 9.90 Å². The highest BCUT2D eigenvalue weighted by atomic mass is 35.5. The molecular formula is C29H29ClN6O3. The van der Waals surface area contributed by atoms with Crippen LogP contribution in [0.3, 0.4) is 0 Å². The second-order valence-electron chi connectivity index (χ2n) is 9.34. The fraction of sp³-hybridized carbons (Fsp3) is 0.207. The lowest BCUT2D eigenvalue weighted by molar-refractivity contribution is 0.102. The Bertz CT molecular complexity index is 1650. The molecule has 200 valence electrons. The molecule has 39 heavy (non-hydrogen) atoms. The Balaban J connectivity index is 1.31. The molecule has 10 heteroatoms. The van der Waals surface area contributed by atoms with Crippen LogP contribution in [-0.4, -0.2) is 55.4 Å². The van der Waals surface area contributed by atoms with E-state index in [9.17, 15) is 14.7 Å². The third-order valence-corrected chi connectivity index (χ3v) is 6.81. The van der Waals surface area contributed by atoms with E-state index in [2.05, 4.69) is 38.3 Å². The number of aliphatic hydroxyl groups excluding tert-OH is 1. The van der Waals surface area contributed by atoms with Gasteiger partial charge in [-0.05, 0) is 54.1 Å². The average molecular weight is 545 g/mol. The number of rotatable bonds is 10. The second-order valence-corrected chi connectivity index (χ2v) is 9.77. The van der Waals surface area contributed by atoms with E-state index in [0.717, 1.165) is 35.1 Å². The van der Waals surface area contributed by atoms with Crippen LogP contribution in [0.1, 0.15) is 28.4 Å². The molecule has 0 saturated carbocycles. The van der Waals surface area contributed by atoms with Gasteiger partial charge in [0, 0.05) is 41.4 Å². The Hall–Kier alpha value is -4.18. The molecule has 9 nitrogen and oxygen atoms in total. The molecule has 0 aliphatic carbocycles. The molecular weight excluding hydrogens is 516 g/mol. The van der Waals surface area contributed by atoms with Crippen LogP contribution in [0.15, 0.2) is 78.0 Å². The van der Waals surface area contributed by atoms with Gasteiger partial charge in [0.2, 0.25) is 0 Å². The van der Waals surface area contributed by atoms with Crippen LogP contribution < -0.4 is 10.9 Å². The van der Waals surface area contributed by atoms with Crippen LogP contribution in [0.25, 0.3) is 22.2 Å². The van der Waals surface area contributed by atoms with E-state index < -0.39 is 0 Å². The standard InChI is InChI=1S/C29H29ClN6O3/c1-2-35(9-10-37)16-20-5-8-26-21(11-20)12-27(34-26)25-13-24(15-31-29(25)39)33-28(38)22-14-32-36(18-22)17-19-3-6-23(30)7-4-19/h3-8,11-15,18,34,37H,2,9-10,16-17H2,1H3,(H,31,39)(H,33,38). The number of hydrogen-bond donors (Lipinski definition) is 4. The lowest BCUT2D eigenvalue weighted by Gasteiger charge is -2.19. The number of anilines is 1. The van der Waals surface area contributed by atoms with E-state index in [1.54, 1.807) is 16.9 Å². The Morgan fingerprint density at radius 2 is 1.92 bits per heavy atom. The van der Waals surface area contributed by atoms with Crippen LogP contribution in [-0.2, 0) is 13.1 Å². The molecule has 3 heterocycles. The van der Waals surface area contributed by atoms with Crippen molar-refractivity contribution in [3.05, 3.63) is 105 Å². The first-order valence-electron chi connectivity index (χ1n) is 12.7. The molecule has 0 atom stereocenters. The fourth-order valence-electron chi connectivity index (χ4n) is 4.48. The Morgan fingerprint density at radius 1 is 1.13 bits per heavy atom. The number of benzene rings is 2. The Morgan fingerprint density at radius 3 is 2.69 bits per heavy atom. The largest absolute Gasteiger partial charge is 0.395 e. The molecule has 0 radical (unpaired) electrons. The molecule has 0 saturated heterocycles. The summed E-state index contributed by atoms with van der Waals surface area (Å²) in [7, 11) is 0. The molecule has 0 aliphatic heterocycles. The van der Waals surface area contributed by atoms with Gasteiger partial charge in [-0.25, -0.2) is 0 Å². The number of likely N-dealkylation sites (N-methyl/N-ethyl adjacent to an activating group) is 1. The SMILES string of the molecule is CCN(CCO)Cc1ccc2[nH]c(-c3cc(NC(=O)c4cnn(Cc5ccc(Cl)cc5)c4)c[nH]c3=O)cc2c1. The predicted molar refractivity (Wildman–Crippen MR) is 153 cm³/mol. The van der Waals surface area contributed by atoms with Crippen LogP contribution in [0.5, 0.6) is 0 Å². The first-order chi connectivity index (χ1) is 18.9. The van der Waals surface area contributed by atoms with E-state index in [1.807, 2.05) is 42.5 Å². The molecule has 5 rings (SSSR count). The third-order valence-electron chi connectivity index (χ3n) is 6.56. The lowest BCUT2D eigenvalue weighted by Crippen LogP contribution is -2.25. The molecule has 2 aromatic carbocycles. The smallest absolute Gasteiger partial charge is 0.258 e. The number of pyridine rings is 1. The number of aromatic amines is 2. The van der Waals surface area contributed by atoms with E-state index in [4.69, 9.17) is 11.6 Å². The predicted octanol–water partition coefficient (Wildman–Crippen LogP) is 4.49. The minimum atomic E-state index is -0.333. The van der Waals surface area contributed by atoms with Crippen molar-refractivity contribution in [1.82, 2.24) is 24.6 Å². The summed E-state index contributed by atoms with van der Waals surface area (Å²) in [6.45, 7) is 4.87. The lowest BCUT2D eigenvalue weighted by atomic mass is 10.1. The summed E-state index contributed by atoms with van der Waals surface area (Å²) in [6.07, 6.45) is 4.66. The molecule has 0 fully saturated rings. The van der Waals surface area contributed by atoms with Crippen molar-refractivity contribution in [2.75, 3.05) is 25.0 Å². The van der Waals surface area contributed by atoms with Gasteiger partial charge in [-0.3, -0.25) is 19.2 Å². The number of aliphatic hydroxyl groups is 1. The number of amides is 1. The van der Waals surface area contributed by atoms with Gasteiger partial charge >= 0.3 is 0 Å². The zero-order valence-corrected chi connectivity index (χ0v) is 22.2. The summed E-state index contributed by atoms with van der Waals surface area (Å²) >= 11 is 5.95. The van der Waals surface area contributed by atoms with Gasteiger partial charge in [-0.2, -0.15) is 5.10 Å². The minimum Gasteiger partial charge on any atom is -0.395 e. The molecule has 5 aromatic rings. The zero-order valence-electron chi connectivity index (χ0n) is 21.4. The number of carbonyl (C=O) groups is 1. The zero-order chi connectivity index (χ0) is 27.4. The topological polar surface area (TPSA) is 119 Å². The van der Waals surface area contributed by atoms with Gasteiger partial charge in [-0.1, -0.05) is 36.7 Å². The molecule has 0 aliphatic rings. The van der Waals surface area contributed by atoms with E-state index in [-0.39, 0.29) is 18.1 Å². The van der Waals surface area contributed by atoms with Gasteiger partial charge in [0.25, 0.3) is 11.5 Å². The maximum atomic E-state index is 12.9. The molecule has 0 bridgehead atoms. The van der Waals surface area contributed by atoms with Crippen molar-refractivity contribution in [2.24, 2.45) is 0 Å². The molecule has 1 amide bonds. The number of carbonyl (C=O) groups excluding carboxylic acids is 1. The van der Waals surface area contributed by atoms with Crippen LogP contribution in [0.2, 0.25) is 5.02 Å². The summed E-state index contributed by atoms with van der Waals surface area (Å²) in [6, 6.07) is 17.1. The van der Waals surface area contributed by atoms with Crippen molar-refractivity contribution in [3.63, 3.8) is 0 Å².